The van der Waals surface area contributed by atoms with Crippen LogP contribution in [0.1, 0.15) is 12.5 Å². The first-order valence-corrected chi connectivity index (χ1v) is 8.68. The van der Waals surface area contributed by atoms with Crippen molar-refractivity contribution in [2.24, 2.45) is 0 Å². The molecular formula is C19H19F3N2O4. The first-order chi connectivity index (χ1) is 13.3. The Morgan fingerprint density at radius 3 is 2.39 bits per heavy atom. The zero-order valence-electron chi connectivity index (χ0n) is 15.1. The highest BCUT2D eigenvalue weighted by molar-refractivity contribution is 5.78. The fourth-order valence-corrected chi connectivity index (χ4v) is 2.57. The molecule has 1 aliphatic rings. The summed E-state index contributed by atoms with van der Waals surface area (Å²) in [5.74, 6) is 0.911. The van der Waals surface area contributed by atoms with E-state index in [1.807, 2.05) is 6.92 Å². The largest absolute Gasteiger partial charge is 0.494 e. The summed E-state index contributed by atoms with van der Waals surface area (Å²) in [4.78, 5) is 17.4. The summed E-state index contributed by atoms with van der Waals surface area (Å²) < 4.78 is 54.3. The lowest BCUT2D eigenvalue weighted by Crippen LogP contribution is -2.57. The van der Waals surface area contributed by atoms with Gasteiger partial charge in [0.25, 0.3) is 5.91 Å². The molecule has 6 nitrogen and oxygen atoms in total. The van der Waals surface area contributed by atoms with E-state index in [4.69, 9.17) is 14.2 Å². The minimum absolute atomic E-state index is 0.113. The first-order valence-electron chi connectivity index (χ1n) is 8.68. The van der Waals surface area contributed by atoms with Crippen LogP contribution >= 0.6 is 0 Å². The topological polar surface area (TPSA) is 60.9 Å². The molecule has 0 bridgehead atoms. The monoisotopic (exact) mass is 396 g/mol. The summed E-state index contributed by atoms with van der Waals surface area (Å²) in [6.07, 6.45) is -3.81. The first kappa shape index (κ1) is 19.8. The lowest BCUT2D eigenvalue weighted by atomic mass is 10.1. The summed E-state index contributed by atoms with van der Waals surface area (Å²) in [6.45, 7) is 2.85. The van der Waals surface area contributed by atoms with Gasteiger partial charge in [0.05, 0.1) is 25.3 Å². The molecule has 1 aromatic heterocycles. The molecule has 9 heteroatoms. The normalized spacial score (nSPS) is 14.4. The third kappa shape index (κ3) is 5.05. The van der Waals surface area contributed by atoms with E-state index in [1.165, 1.54) is 4.90 Å². The molecule has 2 heterocycles. The minimum Gasteiger partial charge on any atom is -0.494 e. The fraction of sp³-hybridized carbons (Fsp3) is 0.368. The van der Waals surface area contributed by atoms with Crippen molar-refractivity contribution in [1.29, 1.82) is 0 Å². The molecule has 1 saturated heterocycles. The Kier molecular flexibility index (Phi) is 5.91. The Hall–Kier alpha value is -2.97. The highest BCUT2D eigenvalue weighted by Crippen LogP contribution is 2.31. The van der Waals surface area contributed by atoms with Gasteiger partial charge in [0, 0.05) is 12.3 Å². The number of amides is 1. The molecule has 28 heavy (non-hydrogen) atoms. The standard InChI is InChI=1S/C19H19F3N2O4/c1-2-26-14-3-5-15(6-4-14)27-12-18(25)24-10-16(11-24)28-17-9-13(7-8-23-17)19(20,21)22/h3-9,16H,2,10-12H2,1H3. The molecule has 150 valence electrons. The van der Waals surface area contributed by atoms with Crippen LogP contribution in [0.2, 0.25) is 0 Å². The van der Waals surface area contributed by atoms with E-state index in [9.17, 15) is 18.0 Å². The van der Waals surface area contributed by atoms with Crippen molar-refractivity contribution in [2.45, 2.75) is 19.2 Å². The van der Waals surface area contributed by atoms with Gasteiger partial charge in [0.2, 0.25) is 5.88 Å². The second kappa shape index (κ2) is 8.37. The van der Waals surface area contributed by atoms with Crippen LogP contribution in [0.25, 0.3) is 0 Å². The van der Waals surface area contributed by atoms with Gasteiger partial charge in [0.15, 0.2) is 6.61 Å². The maximum Gasteiger partial charge on any atom is 0.416 e. The highest BCUT2D eigenvalue weighted by atomic mass is 19.4. The molecular weight excluding hydrogens is 377 g/mol. The zero-order valence-corrected chi connectivity index (χ0v) is 15.1. The molecule has 1 fully saturated rings. The predicted octanol–water partition coefficient (Wildman–Crippen LogP) is 3.17. The number of nitrogens with zero attached hydrogens (tertiary/aromatic N) is 2. The molecule has 0 spiro atoms. The number of hydrogen-bond donors (Lipinski definition) is 0. The van der Waals surface area contributed by atoms with Gasteiger partial charge in [-0.05, 0) is 37.3 Å². The van der Waals surface area contributed by atoms with Crippen LogP contribution in [-0.2, 0) is 11.0 Å². The number of hydrogen-bond acceptors (Lipinski definition) is 5. The molecule has 0 N–H and O–H groups in total. The van der Waals surface area contributed by atoms with E-state index in [-0.39, 0.29) is 31.5 Å². The quantitative estimate of drug-likeness (QED) is 0.720. The molecule has 0 radical (unpaired) electrons. The summed E-state index contributed by atoms with van der Waals surface area (Å²) in [5, 5.41) is 0. The van der Waals surface area contributed by atoms with Crippen molar-refractivity contribution in [3.8, 4) is 17.4 Å². The Labute approximate surface area is 159 Å². The summed E-state index contributed by atoms with van der Waals surface area (Å²) in [5.41, 5.74) is -0.825. The van der Waals surface area contributed by atoms with Gasteiger partial charge >= 0.3 is 6.18 Å². The van der Waals surface area contributed by atoms with Gasteiger partial charge in [-0.1, -0.05) is 0 Å². The molecule has 0 unspecified atom stereocenters. The molecule has 0 saturated carbocycles. The summed E-state index contributed by atoms with van der Waals surface area (Å²) in [6, 6.07) is 8.64. The molecule has 0 aliphatic carbocycles. The smallest absolute Gasteiger partial charge is 0.416 e. The van der Waals surface area contributed by atoms with E-state index >= 15 is 0 Å². The summed E-state index contributed by atoms with van der Waals surface area (Å²) >= 11 is 0. The number of pyridine rings is 1. The van der Waals surface area contributed by atoms with E-state index in [0.717, 1.165) is 18.3 Å². The second-order valence-corrected chi connectivity index (χ2v) is 6.11. The van der Waals surface area contributed by atoms with Crippen LogP contribution in [0.3, 0.4) is 0 Å². The molecule has 1 aliphatic heterocycles. The van der Waals surface area contributed by atoms with Gasteiger partial charge in [-0.2, -0.15) is 13.2 Å². The van der Waals surface area contributed by atoms with E-state index < -0.39 is 17.8 Å². The number of halogens is 3. The van der Waals surface area contributed by atoms with E-state index in [0.29, 0.717) is 18.1 Å². The van der Waals surface area contributed by atoms with E-state index in [1.54, 1.807) is 24.3 Å². The van der Waals surface area contributed by atoms with Crippen LogP contribution < -0.4 is 14.2 Å². The Balaban J connectivity index is 1.43. The lowest BCUT2D eigenvalue weighted by Gasteiger charge is -2.38. The third-order valence-corrected chi connectivity index (χ3v) is 4.05. The number of likely N-dealkylation sites (tertiary alicyclic amines) is 1. The zero-order chi connectivity index (χ0) is 20.1. The number of ether oxygens (including phenoxy) is 3. The Bertz CT molecular complexity index is 806. The molecule has 1 amide bonds. The molecule has 0 atom stereocenters. The van der Waals surface area contributed by atoms with Crippen molar-refractivity contribution < 1.29 is 32.2 Å². The van der Waals surface area contributed by atoms with Crippen molar-refractivity contribution >= 4 is 5.91 Å². The fourth-order valence-electron chi connectivity index (χ4n) is 2.57. The predicted molar refractivity (Wildman–Crippen MR) is 93.3 cm³/mol. The van der Waals surface area contributed by atoms with Gasteiger partial charge in [0.1, 0.15) is 17.6 Å². The van der Waals surface area contributed by atoms with Crippen molar-refractivity contribution in [3.05, 3.63) is 48.2 Å². The van der Waals surface area contributed by atoms with Crippen LogP contribution in [0, 0.1) is 0 Å². The van der Waals surface area contributed by atoms with Gasteiger partial charge in [-0.25, -0.2) is 4.98 Å². The SMILES string of the molecule is CCOc1ccc(OCC(=O)N2CC(Oc3cc(C(F)(F)F)ccn3)C2)cc1. The van der Waals surface area contributed by atoms with Crippen molar-refractivity contribution in [1.82, 2.24) is 9.88 Å². The summed E-state index contributed by atoms with van der Waals surface area (Å²) in [7, 11) is 0. The van der Waals surface area contributed by atoms with Crippen molar-refractivity contribution in [3.63, 3.8) is 0 Å². The lowest BCUT2D eigenvalue weighted by molar-refractivity contribution is -0.142. The van der Waals surface area contributed by atoms with Gasteiger partial charge in [-0.15, -0.1) is 0 Å². The van der Waals surface area contributed by atoms with Gasteiger partial charge < -0.3 is 19.1 Å². The highest BCUT2D eigenvalue weighted by Gasteiger charge is 2.34. The number of alkyl halides is 3. The maximum absolute atomic E-state index is 12.7. The number of benzene rings is 1. The number of carbonyl (C=O) groups is 1. The average Bonchev–Trinajstić information content (AvgIpc) is 2.63. The van der Waals surface area contributed by atoms with Crippen LogP contribution in [0.4, 0.5) is 13.2 Å². The Morgan fingerprint density at radius 2 is 1.79 bits per heavy atom. The number of aromatic nitrogens is 1. The minimum atomic E-state index is -4.46. The number of carbonyl (C=O) groups excluding carboxylic acids is 1. The van der Waals surface area contributed by atoms with Crippen LogP contribution in [-0.4, -0.2) is 48.2 Å². The van der Waals surface area contributed by atoms with Crippen molar-refractivity contribution in [2.75, 3.05) is 26.3 Å². The average molecular weight is 396 g/mol. The second-order valence-electron chi connectivity index (χ2n) is 6.11. The Morgan fingerprint density at radius 1 is 1.14 bits per heavy atom. The molecule has 1 aromatic carbocycles. The molecule has 2 aromatic rings. The van der Waals surface area contributed by atoms with Crippen LogP contribution in [0.5, 0.6) is 17.4 Å². The maximum atomic E-state index is 12.7. The van der Waals surface area contributed by atoms with E-state index in [2.05, 4.69) is 4.98 Å². The van der Waals surface area contributed by atoms with Crippen LogP contribution in [0.15, 0.2) is 42.6 Å². The molecule has 3 rings (SSSR count). The van der Waals surface area contributed by atoms with Gasteiger partial charge in [-0.3, -0.25) is 4.79 Å². The number of rotatable bonds is 7. The third-order valence-electron chi connectivity index (χ3n) is 4.05.